The summed E-state index contributed by atoms with van der Waals surface area (Å²) in [4.78, 5) is 19.4. The number of carbonyl (C=O) groups excluding carboxylic acids is 1. The van der Waals surface area contributed by atoms with Crippen molar-refractivity contribution in [2.45, 2.75) is 39.8 Å². The molecule has 0 atom stereocenters. The van der Waals surface area contributed by atoms with Crippen LogP contribution in [-0.2, 0) is 26.6 Å². The molecule has 0 unspecified atom stereocenters. The number of nitrogens with zero attached hydrogens (tertiary/aromatic N) is 5. The number of benzene rings is 1. The van der Waals surface area contributed by atoms with Gasteiger partial charge < -0.3 is 9.47 Å². The molecule has 1 aromatic carbocycles. The van der Waals surface area contributed by atoms with E-state index in [0.29, 0.717) is 25.1 Å². The van der Waals surface area contributed by atoms with Crippen LogP contribution in [0.3, 0.4) is 0 Å². The van der Waals surface area contributed by atoms with Gasteiger partial charge in [-0.2, -0.15) is 5.10 Å². The lowest BCUT2D eigenvalue weighted by molar-refractivity contribution is 0.0733. The van der Waals surface area contributed by atoms with Crippen LogP contribution < -0.4 is 0 Å². The molecule has 2 aromatic heterocycles. The standard InChI is InChI=1S/C21H23ClFN5O/c1-4-8-28-13(2)11-24-20(28)19-15-12-27(9-7-18(15)26(3)25-19)21(29)14-5-6-17(23)16(22)10-14/h5-6,10-11H,4,7-9,12H2,1-3H3. The average Bonchev–Trinajstić information content (AvgIpc) is 3.23. The van der Waals surface area contributed by atoms with E-state index in [1.54, 1.807) is 4.90 Å². The van der Waals surface area contributed by atoms with Crippen LogP contribution in [0.1, 0.15) is 40.7 Å². The second-order valence-electron chi connectivity index (χ2n) is 7.38. The van der Waals surface area contributed by atoms with E-state index in [0.717, 1.165) is 41.4 Å². The first kappa shape index (κ1) is 19.6. The second kappa shape index (κ2) is 7.63. The average molecular weight is 416 g/mol. The molecule has 0 bridgehead atoms. The maximum Gasteiger partial charge on any atom is 0.254 e. The summed E-state index contributed by atoms with van der Waals surface area (Å²) in [7, 11) is 1.93. The maximum atomic E-state index is 13.5. The van der Waals surface area contributed by atoms with Crippen molar-refractivity contribution in [3.05, 3.63) is 57.8 Å². The Bertz CT molecular complexity index is 1090. The quantitative estimate of drug-likeness (QED) is 0.647. The smallest absolute Gasteiger partial charge is 0.254 e. The number of halogens is 2. The monoisotopic (exact) mass is 415 g/mol. The summed E-state index contributed by atoms with van der Waals surface area (Å²) in [5.41, 5.74) is 4.42. The Kier molecular flexibility index (Phi) is 5.17. The fraction of sp³-hybridized carbons (Fsp3) is 0.381. The summed E-state index contributed by atoms with van der Waals surface area (Å²) < 4.78 is 17.5. The summed E-state index contributed by atoms with van der Waals surface area (Å²) in [5.74, 6) is 0.137. The van der Waals surface area contributed by atoms with E-state index in [1.807, 2.05) is 24.9 Å². The highest BCUT2D eigenvalue weighted by Gasteiger charge is 2.29. The first-order valence-electron chi connectivity index (χ1n) is 9.72. The zero-order valence-corrected chi connectivity index (χ0v) is 17.5. The highest BCUT2D eigenvalue weighted by Crippen LogP contribution is 2.30. The summed E-state index contributed by atoms with van der Waals surface area (Å²) in [5, 5.41) is 4.69. The van der Waals surface area contributed by atoms with Gasteiger partial charge >= 0.3 is 0 Å². The lowest BCUT2D eigenvalue weighted by Gasteiger charge is -2.28. The predicted octanol–water partition coefficient (Wildman–Crippen LogP) is 3.99. The van der Waals surface area contributed by atoms with Crippen molar-refractivity contribution in [3.63, 3.8) is 0 Å². The normalized spacial score (nSPS) is 13.6. The first-order chi connectivity index (χ1) is 13.9. The molecule has 8 heteroatoms. The molecule has 1 aliphatic rings. The third kappa shape index (κ3) is 3.44. The van der Waals surface area contributed by atoms with Crippen LogP contribution in [0.2, 0.25) is 5.02 Å². The minimum absolute atomic E-state index is 0.0484. The molecule has 0 N–H and O–H groups in total. The minimum Gasteiger partial charge on any atom is -0.334 e. The van der Waals surface area contributed by atoms with Crippen LogP contribution in [0.5, 0.6) is 0 Å². The molecule has 0 radical (unpaired) electrons. The van der Waals surface area contributed by atoms with Gasteiger partial charge in [0.15, 0.2) is 5.82 Å². The van der Waals surface area contributed by atoms with Crippen molar-refractivity contribution in [3.8, 4) is 11.5 Å². The SMILES string of the molecule is CCCn1c(C)cnc1-c1nn(C)c2c1CN(C(=O)c1ccc(F)c(Cl)c1)CC2. The van der Waals surface area contributed by atoms with E-state index >= 15 is 0 Å². The molecule has 1 amide bonds. The molecule has 6 nitrogen and oxygen atoms in total. The number of rotatable bonds is 4. The molecule has 0 fully saturated rings. The van der Waals surface area contributed by atoms with Gasteiger partial charge in [-0.3, -0.25) is 9.48 Å². The van der Waals surface area contributed by atoms with Crippen molar-refractivity contribution in [1.29, 1.82) is 0 Å². The number of carbonyl (C=O) groups is 1. The van der Waals surface area contributed by atoms with E-state index < -0.39 is 5.82 Å². The van der Waals surface area contributed by atoms with Gasteiger partial charge in [0.1, 0.15) is 11.5 Å². The third-order valence-corrected chi connectivity index (χ3v) is 5.70. The lowest BCUT2D eigenvalue weighted by Crippen LogP contribution is -2.36. The van der Waals surface area contributed by atoms with Crippen LogP contribution in [0, 0.1) is 12.7 Å². The van der Waals surface area contributed by atoms with Crippen LogP contribution in [-0.4, -0.2) is 36.7 Å². The minimum atomic E-state index is -0.531. The summed E-state index contributed by atoms with van der Waals surface area (Å²) in [6.07, 6.45) is 3.56. The molecule has 0 saturated heterocycles. The van der Waals surface area contributed by atoms with E-state index in [9.17, 15) is 9.18 Å². The fourth-order valence-electron chi connectivity index (χ4n) is 3.91. The Hall–Kier alpha value is -2.67. The zero-order valence-electron chi connectivity index (χ0n) is 16.7. The van der Waals surface area contributed by atoms with Gasteiger partial charge in [-0.15, -0.1) is 0 Å². The van der Waals surface area contributed by atoms with E-state index in [1.165, 1.54) is 18.2 Å². The molecule has 29 heavy (non-hydrogen) atoms. The van der Waals surface area contributed by atoms with Crippen LogP contribution >= 0.6 is 11.6 Å². The fourth-order valence-corrected chi connectivity index (χ4v) is 4.09. The Morgan fingerprint density at radius 3 is 2.86 bits per heavy atom. The molecule has 0 saturated carbocycles. The van der Waals surface area contributed by atoms with Crippen molar-refractivity contribution in [2.24, 2.45) is 7.05 Å². The Labute approximate surface area is 173 Å². The molecular formula is C21H23ClFN5O. The van der Waals surface area contributed by atoms with E-state index in [-0.39, 0.29) is 10.9 Å². The number of amides is 1. The maximum absolute atomic E-state index is 13.5. The number of imidazole rings is 1. The first-order valence-corrected chi connectivity index (χ1v) is 10.1. The van der Waals surface area contributed by atoms with E-state index in [2.05, 4.69) is 16.5 Å². The molecule has 0 spiro atoms. The van der Waals surface area contributed by atoms with Crippen LogP contribution in [0.4, 0.5) is 4.39 Å². The highest BCUT2D eigenvalue weighted by atomic mass is 35.5. The number of aryl methyl sites for hydroxylation is 2. The number of hydrogen-bond donors (Lipinski definition) is 0. The molecule has 152 valence electrons. The van der Waals surface area contributed by atoms with Crippen molar-refractivity contribution >= 4 is 17.5 Å². The molecule has 3 aromatic rings. The van der Waals surface area contributed by atoms with Gasteiger partial charge in [0.05, 0.1) is 11.6 Å². The van der Waals surface area contributed by atoms with Gasteiger partial charge in [-0.25, -0.2) is 9.37 Å². The molecule has 3 heterocycles. The van der Waals surface area contributed by atoms with Crippen molar-refractivity contribution in [2.75, 3.05) is 6.54 Å². The van der Waals surface area contributed by atoms with Gasteiger partial charge in [0.25, 0.3) is 5.91 Å². The second-order valence-corrected chi connectivity index (χ2v) is 7.79. The Morgan fingerprint density at radius 1 is 1.34 bits per heavy atom. The Morgan fingerprint density at radius 2 is 2.14 bits per heavy atom. The van der Waals surface area contributed by atoms with Crippen LogP contribution in [0.25, 0.3) is 11.5 Å². The summed E-state index contributed by atoms with van der Waals surface area (Å²) in [6.45, 7) is 6.04. The highest BCUT2D eigenvalue weighted by molar-refractivity contribution is 6.31. The third-order valence-electron chi connectivity index (χ3n) is 5.41. The topological polar surface area (TPSA) is 56.0 Å². The van der Waals surface area contributed by atoms with Gasteiger partial charge in [0.2, 0.25) is 0 Å². The van der Waals surface area contributed by atoms with E-state index in [4.69, 9.17) is 16.7 Å². The number of hydrogen-bond acceptors (Lipinski definition) is 3. The lowest BCUT2D eigenvalue weighted by atomic mass is 10.0. The predicted molar refractivity (Wildman–Crippen MR) is 109 cm³/mol. The number of aromatic nitrogens is 4. The summed E-state index contributed by atoms with van der Waals surface area (Å²) >= 11 is 5.87. The zero-order chi connectivity index (χ0) is 20.7. The molecular weight excluding hydrogens is 393 g/mol. The van der Waals surface area contributed by atoms with Crippen molar-refractivity contribution < 1.29 is 9.18 Å². The van der Waals surface area contributed by atoms with Crippen LogP contribution in [0.15, 0.2) is 24.4 Å². The van der Waals surface area contributed by atoms with Gasteiger partial charge in [0, 0.05) is 55.3 Å². The number of fused-ring (bicyclic) bond motifs is 1. The molecule has 4 rings (SSSR count). The van der Waals surface area contributed by atoms with Crippen molar-refractivity contribution in [1.82, 2.24) is 24.2 Å². The molecule has 0 aliphatic carbocycles. The van der Waals surface area contributed by atoms with Gasteiger partial charge in [-0.1, -0.05) is 18.5 Å². The largest absolute Gasteiger partial charge is 0.334 e. The molecule has 1 aliphatic heterocycles. The Balaban J connectivity index is 1.69. The summed E-state index contributed by atoms with van der Waals surface area (Å²) in [6, 6.07) is 4.08. The van der Waals surface area contributed by atoms with Gasteiger partial charge in [-0.05, 0) is 31.5 Å².